The molecule has 0 saturated carbocycles. The fraction of sp³-hybridized carbons (Fsp3) is 0.435. The number of piperidine rings is 1. The number of fused-ring (bicyclic) bond motifs is 1. The van der Waals surface area contributed by atoms with Gasteiger partial charge in [-0.2, -0.15) is 4.31 Å². The minimum atomic E-state index is -3.51. The Bertz CT molecular complexity index is 1050. The number of aryl methyl sites for hydroxylation is 2. The predicted octanol–water partition coefficient (Wildman–Crippen LogP) is 4.22. The van der Waals surface area contributed by atoms with Gasteiger partial charge in [-0.25, -0.2) is 8.42 Å². The van der Waals surface area contributed by atoms with E-state index in [0.29, 0.717) is 30.8 Å². The monoisotopic (exact) mass is 490 g/mol. The van der Waals surface area contributed by atoms with E-state index in [1.54, 1.807) is 6.07 Å². The summed E-state index contributed by atoms with van der Waals surface area (Å²) in [6.45, 7) is 2.72. The first-order valence-corrected chi connectivity index (χ1v) is 12.8. The van der Waals surface area contributed by atoms with Crippen LogP contribution in [0.15, 0.2) is 51.8 Å². The Kier molecular flexibility index (Phi) is 6.32. The van der Waals surface area contributed by atoms with Crippen molar-refractivity contribution in [3.63, 3.8) is 0 Å². The summed E-state index contributed by atoms with van der Waals surface area (Å²) >= 11 is 3.53. The highest BCUT2D eigenvalue weighted by Crippen LogP contribution is 2.29. The topological polar surface area (TPSA) is 66.5 Å². The molecule has 1 aliphatic carbocycles. The van der Waals surface area contributed by atoms with Crippen molar-refractivity contribution < 1.29 is 13.2 Å². The highest BCUT2D eigenvalue weighted by atomic mass is 79.9. The van der Waals surface area contributed by atoms with Crippen molar-refractivity contribution in [1.29, 1.82) is 0 Å². The molecule has 1 heterocycles. The van der Waals surface area contributed by atoms with Crippen LogP contribution < -0.4 is 5.32 Å². The number of carbonyl (C=O) groups is 1. The smallest absolute Gasteiger partial charge is 0.243 e. The minimum Gasteiger partial charge on any atom is -0.349 e. The quantitative estimate of drug-likeness (QED) is 0.682. The Morgan fingerprint density at radius 2 is 1.80 bits per heavy atom. The third-order valence-electron chi connectivity index (χ3n) is 6.26. The highest BCUT2D eigenvalue weighted by Gasteiger charge is 2.33. The van der Waals surface area contributed by atoms with Crippen molar-refractivity contribution in [3.05, 3.63) is 63.6 Å². The van der Waals surface area contributed by atoms with E-state index in [4.69, 9.17) is 0 Å². The van der Waals surface area contributed by atoms with E-state index in [1.165, 1.54) is 9.87 Å². The fourth-order valence-electron chi connectivity index (χ4n) is 4.45. The van der Waals surface area contributed by atoms with Gasteiger partial charge in [-0.05, 0) is 73.9 Å². The number of rotatable bonds is 5. The van der Waals surface area contributed by atoms with E-state index in [1.807, 2.05) is 43.3 Å². The number of hydrogen-bond acceptors (Lipinski definition) is 3. The number of sulfonamides is 1. The van der Waals surface area contributed by atoms with Crippen molar-refractivity contribution in [3.8, 4) is 0 Å². The molecule has 1 atom stereocenters. The SMILES string of the molecule is C[C@@H](NC(=O)C1CCN(S(=O)(=O)c2ccc3c(c2)CCC3)CC1)c1ccccc1Br. The van der Waals surface area contributed by atoms with Crippen LogP contribution in [0, 0.1) is 5.92 Å². The zero-order chi connectivity index (χ0) is 21.3. The molecule has 0 aromatic heterocycles. The van der Waals surface area contributed by atoms with Gasteiger partial charge in [-0.1, -0.05) is 40.2 Å². The van der Waals surface area contributed by atoms with Crippen molar-refractivity contribution >= 4 is 31.9 Å². The summed E-state index contributed by atoms with van der Waals surface area (Å²) < 4.78 is 28.7. The van der Waals surface area contributed by atoms with Crippen molar-refractivity contribution in [2.45, 2.75) is 50.0 Å². The van der Waals surface area contributed by atoms with Gasteiger partial charge in [0.1, 0.15) is 0 Å². The Morgan fingerprint density at radius 1 is 1.10 bits per heavy atom. The molecule has 1 N–H and O–H groups in total. The molecule has 0 bridgehead atoms. The maximum Gasteiger partial charge on any atom is 0.243 e. The van der Waals surface area contributed by atoms with Gasteiger partial charge in [0, 0.05) is 23.5 Å². The zero-order valence-electron chi connectivity index (χ0n) is 17.1. The van der Waals surface area contributed by atoms with Crippen LogP contribution >= 0.6 is 15.9 Å². The first kappa shape index (κ1) is 21.5. The summed E-state index contributed by atoms with van der Waals surface area (Å²) in [7, 11) is -3.51. The van der Waals surface area contributed by atoms with Gasteiger partial charge < -0.3 is 5.32 Å². The van der Waals surface area contributed by atoms with Crippen LogP contribution in [-0.2, 0) is 27.7 Å². The molecule has 30 heavy (non-hydrogen) atoms. The van der Waals surface area contributed by atoms with E-state index in [0.717, 1.165) is 34.9 Å². The molecule has 4 rings (SSSR count). The largest absolute Gasteiger partial charge is 0.349 e. The number of nitrogens with zero attached hydrogens (tertiary/aromatic N) is 1. The second-order valence-electron chi connectivity index (χ2n) is 8.21. The third kappa shape index (κ3) is 4.34. The Morgan fingerprint density at radius 3 is 2.53 bits per heavy atom. The summed E-state index contributed by atoms with van der Waals surface area (Å²) in [5, 5.41) is 3.08. The van der Waals surface area contributed by atoms with E-state index >= 15 is 0 Å². The van der Waals surface area contributed by atoms with Crippen LogP contribution in [0.5, 0.6) is 0 Å². The predicted molar refractivity (Wildman–Crippen MR) is 121 cm³/mol. The maximum atomic E-state index is 13.1. The van der Waals surface area contributed by atoms with Gasteiger partial charge in [0.2, 0.25) is 15.9 Å². The summed E-state index contributed by atoms with van der Waals surface area (Å²) in [5.74, 6) is -0.172. The fourth-order valence-corrected chi connectivity index (χ4v) is 6.60. The second kappa shape index (κ2) is 8.81. The van der Waals surface area contributed by atoms with Gasteiger partial charge in [0.25, 0.3) is 0 Å². The number of hydrogen-bond donors (Lipinski definition) is 1. The van der Waals surface area contributed by atoms with E-state index in [2.05, 4.69) is 21.2 Å². The van der Waals surface area contributed by atoms with Crippen LogP contribution in [0.1, 0.15) is 48.9 Å². The normalized spacial score (nSPS) is 18.7. The summed E-state index contributed by atoms with van der Waals surface area (Å²) in [6, 6.07) is 13.3. The van der Waals surface area contributed by atoms with Gasteiger partial charge in [-0.3, -0.25) is 4.79 Å². The highest BCUT2D eigenvalue weighted by molar-refractivity contribution is 9.10. The second-order valence-corrected chi connectivity index (χ2v) is 11.0. The van der Waals surface area contributed by atoms with Crippen LogP contribution in [-0.4, -0.2) is 31.7 Å². The standard InChI is InChI=1S/C23H27BrN2O3S/c1-16(21-7-2-3-8-22(21)24)25-23(27)18-11-13-26(14-12-18)30(28,29)20-10-9-17-5-4-6-19(17)15-20/h2-3,7-10,15-16,18H,4-6,11-14H2,1H3,(H,25,27)/t16-/m1/s1. The number of halogens is 1. The van der Waals surface area contributed by atoms with Crippen LogP contribution in [0.3, 0.4) is 0 Å². The van der Waals surface area contributed by atoms with Crippen LogP contribution in [0.25, 0.3) is 0 Å². The molecule has 0 spiro atoms. The molecule has 2 aromatic carbocycles. The first-order chi connectivity index (χ1) is 14.4. The van der Waals surface area contributed by atoms with E-state index < -0.39 is 10.0 Å². The average Bonchev–Trinajstić information content (AvgIpc) is 3.22. The van der Waals surface area contributed by atoms with Crippen molar-refractivity contribution in [2.24, 2.45) is 5.92 Å². The minimum absolute atomic E-state index is 0.00664. The average molecular weight is 491 g/mol. The molecule has 7 heteroatoms. The van der Waals surface area contributed by atoms with Crippen LogP contribution in [0.2, 0.25) is 0 Å². The van der Waals surface area contributed by atoms with Gasteiger partial charge in [0.15, 0.2) is 0 Å². The lowest BCUT2D eigenvalue weighted by molar-refractivity contribution is -0.126. The van der Waals surface area contributed by atoms with Crippen molar-refractivity contribution in [1.82, 2.24) is 9.62 Å². The lowest BCUT2D eigenvalue weighted by Crippen LogP contribution is -2.43. The Hall–Kier alpha value is -1.70. The molecule has 160 valence electrons. The molecule has 1 amide bonds. The lowest BCUT2D eigenvalue weighted by Gasteiger charge is -2.31. The summed E-state index contributed by atoms with van der Waals surface area (Å²) in [4.78, 5) is 13.1. The molecular weight excluding hydrogens is 464 g/mol. The molecular formula is C23H27BrN2O3S. The summed E-state index contributed by atoms with van der Waals surface area (Å²) in [6.07, 6.45) is 4.17. The van der Waals surface area contributed by atoms with Gasteiger partial charge >= 0.3 is 0 Å². The Balaban J connectivity index is 1.37. The molecule has 0 unspecified atom stereocenters. The molecule has 2 aromatic rings. The Labute approximate surface area is 187 Å². The van der Waals surface area contributed by atoms with Gasteiger partial charge in [0.05, 0.1) is 10.9 Å². The molecule has 1 aliphatic heterocycles. The zero-order valence-corrected chi connectivity index (χ0v) is 19.5. The van der Waals surface area contributed by atoms with E-state index in [-0.39, 0.29) is 17.9 Å². The van der Waals surface area contributed by atoms with Crippen LogP contribution in [0.4, 0.5) is 0 Å². The number of amides is 1. The van der Waals surface area contributed by atoms with Gasteiger partial charge in [-0.15, -0.1) is 0 Å². The third-order valence-corrected chi connectivity index (χ3v) is 8.88. The first-order valence-electron chi connectivity index (χ1n) is 10.5. The van der Waals surface area contributed by atoms with E-state index in [9.17, 15) is 13.2 Å². The molecule has 1 fully saturated rings. The summed E-state index contributed by atoms with van der Waals surface area (Å²) in [5.41, 5.74) is 3.46. The lowest BCUT2D eigenvalue weighted by atomic mass is 9.96. The molecule has 5 nitrogen and oxygen atoms in total. The van der Waals surface area contributed by atoms with Crippen molar-refractivity contribution in [2.75, 3.05) is 13.1 Å². The number of nitrogens with one attached hydrogen (secondary N) is 1. The number of carbonyl (C=O) groups excluding carboxylic acids is 1. The maximum absolute atomic E-state index is 13.1. The molecule has 0 radical (unpaired) electrons. The number of benzene rings is 2. The molecule has 2 aliphatic rings. The molecule has 1 saturated heterocycles.